The minimum Gasteiger partial charge on any atom is -0.492 e. The molecule has 4 nitrogen and oxygen atoms in total. The van der Waals surface area contributed by atoms with Crippen LogP contribution in [0.5, 0.6) is 11.5 Å². The van der Waals surface area contributed by atoms with Crippen LogP contribution in [0.4, 0.5) is 0 Å². The van der Waals surface area contributed by atoms with Crippen LogP contribution in [0.15, 0.2) is 54.6 Å². The van der Waals surface area contributed by atoms with E-state index in [2.05, 4.69) is 31.3 Å². The molecule has 0 spiro atoms. The number of amides is 1. The van der Waals surface area contributed by atoms with Crippen molar-refractivity contribution in [1.29, 1.82) is 0 Å². The molecule has 4 heteroatoms. The summed E-state index contributed by atoms with van der Waals surface area (Å²) in [5.41, 5.74) is 1.28. The van der Waals surface area contributed by atoms with Crippen molar-refractivity contribution in [3.63, 3.8) is 0 Å². The van der Waals surface area contributed by atoms with Gasteiger partial charge in [0.05, 0.1) is 6.54 Å². The van der Waals surface area contributed by atoms with E-state index in [-0.39, 0.29) is 12.5 Å². The highest BCUT2D eigenvalue weighted by atomic mass is 16.5. The fraction of sp³-hybridized carbons (Fsp3) is 0.316. The number of benzene rings is 2. The third kappa shape index (κ3) is 6.02. The van der Waals surface area contributed by atoms with Crippen molar-refractivity contribution in [2.24, 2.45) is 0 Å². The van der Waals surface area contributed by atoms with Crippen LogP contribution >= 0.6 is 0 Å². The van der Waals surface area contributed by atoms with Gasteiger partial charge in [0.25, 0.3) is 5.91 Å². The zero-order chi connectivity index (χ0) is 16.5. The minimum absolute atomic E-state index is 0.00704. The Morgan fingerprint density at radius 3 is 2.26 bits per heavy atom. The van der Waals surface area contributed by atoms with Crippen LogP contribution in [0.1, 0.15) is 25.3 Å². The molecule has 0 saturated carbocycles. The predicted molar refractivity (Wildman–Crippen MR) is 91.0 cm³/mol. The van der Waals surface area contributed by atoms with Gasteiger partial charge >= 0.3 is 0 Å². The Balaban J connectivity index is 1.62. The number of hydrogen-bond acceptors (Lipinski definition) is 3. The molecule has 0 aromatic heterocycles. The van der Waals surface area contributed by atoms with Crippen molar-refractivity contribution in [1.82, 2.24) is 5.32 Å². The molecule has 0 unspecified atom stereocenters. The molecule has 2 aromatic rings. The van der Waals surface area contributed by atoms with Crippen LogP contribution in [0.3, 0.4) is 0 Å². The van der Waals surface area contributed by atoms with E-state index >= 15 is 0 Å². The molecule has 122 valence electrons. The second kappa shape index (κ2) is 8.83. The molecule has 0 saturated heterocycles. The molecule has 2 rings (SSSR count). The molecule has 1 N–H and O–H groups in total. The van der Waals surface area contributed by atoms with Gasteiger partial charge in [0.2, 0.25) is 0 Å². The van der Waals surface area contributed by atoms with Crippen LogP contribution in [0.25, 0.3) is 0 Å². The zero-order valence-electron chi connectivity index (χ0n) is 13.6. The van der Waals surface area contributed by atoms with Crippen LogP contribution in [-0.4, -0.2) is 25.7 Å². The third-order valence-electron chi connectivity index (χ3n) is 3.35. The summed E-state index contributed by atoms with van der Waals surface area (Å²) in [4.78, 5) is 11.7. The zero-order valence-corrected chi connectivity index (χ0v) is 13.6. The summed E-state index contributed by atoms with van der Waals surface area (Å²) in [6.45, 7) is 5.19. The standard InChI is InChI=1S/C19H23NO3/c1-15(2)16-8-10-18(11-9-16)22-13-12-20-19(21)14-23-17-6-4-3-5-7-17/h3-11,15H,12-14H2,1-2H3,(H,20,21). The summed E-state index contributed by atoms with van der Waals surface area (Å²) >= 11 is 0. The maximum absolute atomic E-state index is 11.7. The molecule has 0 aliphatic carbocycles. The molecule has 2 aromatic carbocycles. The topological polar surface area (TPSA) is 47.6 Å². The normalized spacial score (nSPS) is 10.4. The maximum atomic E-state index is 11.7. The molecule has 0 aliphatic heterocycles. The fourth-order valence-corrected chi connectivity index (χ4v) is 2.02. The van der Waals surface area contributed by atoms with Crippen molar-refractivity contribution in [2.75, 3.05) is 19.8 Å². The second-order valence-electron chi connectivity index (χ2n) is 5.52. The maximum Gasteiger partial charge on any atom is 0.258 e. The average Bonchev–Trinajstić information content (AvgIpc) is 2.58. The number of rotatable bonds is 8. The van der Waals surface area contributed by atoms with Crippen LogP contribution in [0.2, 0.25) is 0 Å². The van der Waals surface area contributed by atoms with Crippen molar-refractivity contribution in [3.8, 4) is 11.5 Å². The summed E-state index contributed by atoms with van der Waals surface area (Å²) in [5, 5.41) is 2.76. The van der Waals surface area contributed by atoms with Gasteiger partial charge in [-0.1, -0.05) is 44.2 Å². The number of para-hydroxylation sites is 1. The number of carbonyl (C=O) groups excluding carboxylic acids is 1. The number of nitrogens with one attached hydrogen (secondary N) is 1. The minimum atomic E-state index is -0.160. The third-order valence-corrected chi connectivity index (χ3v) is 3.35. The Kier molecular flexibility index (Phi) is 6.48. The second-order valence-corrected chi connectivity index (χ2v) is 5.52. The first-order chi connectivity index (χ1) is 11.1. The number of hydrogen-bond donors (Lipinski definition) is 1. The van der Waals surface area contributed by atoms with E-state index in [0.717, 1.165) is 5.75 Å². The smallest absolute Gasteiger partial charge is 0.258 e. The van der Waals surface area contributed by atoms with E-state index in [1.54, 1.807) is 0 Å². The molecule has 0 fully saturated rings. The van der Waals surface area contributed by atoms with Gasteiger partial charge in [0, 0.05) is 0 Å². The Morgan fingerprint density at radius 1 is 0.957 bits per heavy atom. The lowest BCUT2D eigenvalue weighted by atomic mass is 10.0. The van der Waals surface area contributed by atoms with E-state index in [9.17, 15) is 4.79 Å². The molecule has 0 bridgehead atoms. The average molecular weight is 313 g/mol. The molecule has 0 atom stereocenters. The van der Waals surface area contributed by atoms with Gasteiger partial charge in [-0.2, -0.15) is 0 Å². The molecular weight excluding hydrogens is 290 g/mol. The first-order valence-corrected chi connectivity index (χ1v) is 7.82. The Labute approximate surface area is 137 Å². The van der Waals surface area contributed by atoms with Crippen LogP contribution < -0.4 is 14.8 Å². The number of ether oxygens (including phenoxy) is 2. The SMILES string of the molecule is CC(C)c1ccc(OCCNC(=O)COc2ccccc2)cc1. The lowest BCUT2D eigenvalue weighted by Crippen LogP contribution is -2.32. The van der Waals surface area contributed by atoms with Crippen molar-refractivity contribution >= 4 is 5.91 Å². The lowest BCUT2D eigenvalue weighted by Gasteiger charge is -2.10. The molecule has 0 aliphatic rings. The van der Waals surface area contributed by atoms with E-state index in [4.69, 9.17) is 9.47 Å². The summed E-state index contributed by atoms with van der Waals surface area (Å²) in [6, 6.07) is 17.3. The first kappa shape index (κ1) is 16.9. The Hall–Kier alpha value is -2.49. The summed E-state index contributed by atoms with van der Waals surface area (Å²) in [6.07, 6.45) is 0. The molecular formula is C19H23NO3. The van der Waals surface area contributed by atoms with Gasteiger partial charge in [-0.25, -0.2) is 0 Å². The van der Waals surface area contributed by atoms with Crippen molar-refractivity contribution in [2.45, 2.75) is 19.8 Å². The van der Waals surface area contributed by atoms with Crippen molar-refractivity contribution < 1.29 is 14.3 Å². The lowest BCUT2D eigenvalue weighted by molar-refractivity contribution is -0.123. The molecule has 23 heavy (non-hydrogen) atoms. The van der Waals surface area contributed by atoms with E-state index < -0.39 is 0 Å². The molecule has 1 amide bonds. The van der Waals surface area contributed by atoms with Gasteiger partial charge in [0.1, 0.15) is 18.1 Å². The van der Waals surface area contributed by atoms with Gasteiger partial charge in [-0.15, -0.1) is 0 Å². The fourth-order valence-electron chi connectivity index (χ4n) is 2.02. The first-order valence-electron chi connectivity index (χ1n) is 7.82. The predicted octanol–water partition coefficient (Wildman–Crippen LogP) is 3.38. The van der Waals surface area contributed by atoms with Crippen molar-refractivity contribution in [3.05, 3.63) is 60.2 Å². The number of carbonyl (C=O) groups is 1. The van der Waals surface area contributed by atoms with Gasteiger partial charge in [0.15, 0.2) is 6.61 Å². The van der Waals surface area contributed by atoms with E-state index in [1.807, 2.05) is 42.5 Å². The van der Waals surface area contributed by atoms with Gasteiger partial charge in [-0.05, 0) is 35.7 Å². The quantitative estimate of drug-likeness (QED) is 0.760. The summed E-state index contributed by atoms with van der Waals surface area (Å²) in [7, 11) is 0. The summed E-state index contributed by atoms with van der Waals surface area (Å²) in [5.74, 6) is 1.84. The highest BCUT2D eigenvalue weighted by Gasteiger charge is 2.03. The van der Waals surface area contributed by atoms with Crippen LogP contribution in [-0.2, 0) is 4.79 Å². The van der Waals surface area contributed by atoms with Crippen LogP contribution in [0, 0.1) is 0 Å². The molecule has 0 heterocycles. The highest BCUT2D eigenvalue weighted by Crippen LogP contribution is 2.18. The Bertz CT molecular complexity index is 594. The van der Waals surface area contributed by atoms with Gasteiger partial charge < -0.3 is 14.8 Å². The summed E-state index contributed by atoms with van der Waals surface area (Å²) < 4.78 is 11.0. The van der Waals surface area contributed by atoms with E-state index in [0.29, 0.717) is 24.8 Å². The largest absolute Gasteiger partial charge is 0.492 e. The monoisotopic (exact) mass is 313 g/mol. The highest BCUT2D eigenvalue weighted by molar-refractivity contribution is 5.77. The van der Waals surface area contributed by atoms with E-state index in [1.165, 1.54) is 5.56 Å². The van der Waals surface area contributed by atoms with Gasteiger partial charge in [-0.3, -0.25) is 4.79 Å². The Morgan fingerprint density at radius 2 is 1.61 bits per heavy atom. The molecule has 0 radical (unpaired) electrons.